The average Bonchev–Trinajstić information content (AvgIpc) is 2.38. The number of aryl methyl sites for hydroxylation is 1. The van der Waals surface area contributed by atoms with E-state index in [-0.39, 0.29) is 5.91 Å². The summed E-state index contributed by atoms with van der Waals surface area (Å²) in [7, 11) is 3.17. The summed E-state index contributed by atoms with van der Waals surface area (Å²) in [4.78, 5) is 11.6. The van der Waals surface area contributed by atoms with Crippen molar-refractivity contribution >= 4 is 5.91 Å². The Hall–Kier alpha value is -1.97. The number of ether oxygens (including phenoxy) is 2. The van der Waals surface area contributed by atoms with E-state index in [2.05, 4.69) is 11.9 Å². The SMILES string of the molecule is C=CCNC(=O)Cc1cc(OC)c(OC)cc1C. The van der Waals surface area contributed by atoms with E-state index in [0.717, 1.165) is 11.1 Å². The highest BCUT2D eigenvalue weighted by molar-refractivity contribution is 5.79. The Morgan fingerprint density at radius 2 is 1.94 bits per heavy atom. The maximum Gasteiger partial charge on any atom is 0.224 e. The van der Waals surface area contributed by atoms with Crippen LogP contribution in [0.3, 0.4) is 0 Å². The van der Waals surface area contributed by atoms with E-state index in [1.54, 1.807) is 20.3 Å². The molecule has 0 atom stereocenters. The molecule has 0 fully saturated rings. The molecule has 0 aliphatic heterocycles. The highest BCUT2D eigenvalue weighted by atomic mass is 16.5. The average molecular weight is 249 g/mol. The summed E-state index contributed by atoms with van der Waals surface area (Å²) in [6.45, 7) is 5.98. The van der Waals surface area contributed by atoms with Gasteiger partial charge in [0, 0.05) is 6.54 Å². The number of carbonyl (C=O) groups is 1. The molecule has 0 aromatic heterocycles. The third kappa shape index (κ3) is 3.52. The predicted molar refractivity (Wildman–Crippen MR) is 71.2 cm³/mol. The summed E-state index contributed by atoms with van der Waals surface area (Å²) >= 11 is 0. The van der Waals surface area contributed by atoms with Crippen LogP contribution in [0.1, 0.15) is 11.1 Å². The summed E-state index contributed by atoms with van der Waals surface area (Å²) < 4.78 is 10.4. The number of carbonyl (C=O) groups excluding carboxylic acids is 1. The molecule has 0 heterocycles. The molecule has 0 unspecified atom stereocenters. The van der Waals surface area contributed by atoms with Gasteiger partial charge in [-0.1, -0.05) is 6.08 Å². The first-order valence-electron chi connectivity index (χ1n) is 5.71. The monoisotopic (exact) mass is 249 g/mol. The number of hydrogen-bond acceptors (Lipinski definition) is 3. The van der Waals surface area contributed by atoms with Crippen molar-refractivity contribution < 1.29 is 14.3 Å². The Balaban J connectivity index is 2.88. The molecule has 4 heteroatoms. The Morgan fingerprint density at radius 3 is 2.50 bits per heavy atom. The molecule has 0 saturated carbocycles. The largest absolute Gasteiger partial charge is 0.493 e. The van der Waals surface area contributed by atoms with Crippen molar-refractivity contribution in [2.24, 2.45) is 0 Å². The van der Waals surface area contributed by atoms with Crippen molar-refractivity contribution in [3.05, 3.63) is 35.9 Å². The molecule has 1 amide bonds. The molecule has 98 valence electrons. The maximum absolute atomic E-state index is 11.6. The van der Waals surface area contributed by atoms with Crippen molar-refractivity contribution in [2.45, 2.75) is 13.3 Å². The Bertz CT molecular complexity index is 441. The Labute approximate surface area is 108 Å². The van der Waals surface area contributed by atoms with Crippen LogP contribution < -0.4 is 14.8 Å². The van der Waals surface area contributed by atoms with Gasteiger partial charge in [-0.2, -0.15) is 0 Å². The van der Waals surface area contributed by atoms with Crippen LogP contribution in [0.5, 0.6) is 11.5 Å². The molecule has 1 aromatic rings. The number of hydrogen-bond donors (Lipinski definition) is 1. The first kappa shape index (κ1) is 14.1. The Kier molecular flexibility index (Phi) is 5.24. The van der Waals surface area contributed by atoms with E-state index in [1.807, 2.05) is 19.1 Å². The molecule has 0 bridgehead atoms. The second-order valence-electron chi connectivity index (χ2n) is 3.90. The fourth-order valence-electron chi connectivity index (χ4n) is 1.63. The summed E-state index contributed by atoms with van der Waals surface area (Å²) in [5.74, 6) is 1.27. The van der Waals surface area contributed by atoms with E-state index in [0.29, 0.717) is 24.5 Å². The normalized spacial score (nSPS) is 9.72. The lowest BCUT2D eigenvalue weighted by Gasteiger charge is -2.12. The van der Waals surface area contributed by atoms with Crippen molar-refractivity contribution in [2.75, 3.05) is 20.8 Å². The van der Waals surface area contributed by atoms with Crippen molar-refractivity contribution in [1.29, 1.82) is 0 Å². The van der Waals surface area contributed by atoms with Gasteiger partial charge in [-0.05, 0) is 30.2 Å². The standard InChI is InChI=1S/C14H19NO3/c1-5-6-15-14(16)9-11-8-13(18-4)12(17-3)7-10(11)2/h5,7-8H,1,6,9H2,2-4H3,(H,15,16). The van der Waals surface area contributed by atoms with Crippen LogP contribution in [0, 0.1) is 6.92 Å². The van der Waals surface area contributed by atoms with Crippen LogP contribution >= 0.6 is 0 Å². The van der Waals surface area contributed by atoms with Crippen LogP contribution in [0.25, 0.3) is 0 Å². The summed E-state index contributed by atoms with van der Waals surface area (Å²) in [5.41, 5.74) is 1.93. The highest BCUT2D eigenvalue weighted by Gasteiger charge is 2.11. The number of rotatable bonds is 6. The minimum absolute atomic E-state index is 0.0368. The lowest BCUT2D eigenvalue weighted by molar-refractivity contribution is -0.120. The van der Waals surface area contributed by atoms with Gasteiger partial charge in [0.15, 0.2) is 11.5 Å². The number of nitrogens with one attached hydrogen (secondary N) is 1. The molecular weight excluding hydrogens is 230 g/mol. The van der Waals surface area contributed by atoms with Gasteiger partial charge in [0.1, 0.15) is 0 Å². The van der Waals surface area contributed by atoms with Gasteiger partial charge in [-0.3, -0.25) is 4.79 Å². The first-order chi connectivity index (χ1) is 8.62. The minimum atomic E-state index is -0.0368. The fourth-order valence-corrected chi connectivity index (χ4v) is 1.63. The molecule has 0 spiro atoms. The molecular formula is C14H19NO3. The van der Waals surface area contributed by atoms with E-state index < -0.39 is 0 Å². The summed E-state index contributed by atoms with van der Waals surface area (Å²) in [5, 5.41) is 2.75. The van der Waals surface area contributed by atoms with Gasteiger partial charge in [-0.25, -0.2) is 0 Å². The molecule has 1 rings (SSSR count). The quantitative estimate of drug-likeness (QED) is 0.783. The second kappa shape index (κ2) is 6.69. The van der Waals surface area contributed by atoms with E-state index in [9.17, 15) is 4.79 Å². The van der Waals surface area contributed by atoms with Crippen molar-refractivity contribution in [3.63, 3.8) is 0 Å². The molecule has 1 aromatic carbocycles. The van der Waals surface area contributed by atoms with E-state index >= 15 is 0 Å². The highest BCUT2D eigenvalue weighted by Crippen LogP contribution is 2.30. The smallest absolute Gasteiger partial charge is 0.224 e. The van der Waals surface area contributed by atoms with Crippen LogP contribution in [0.15, 0.2) is 24.8 Å². The number of methoxy groups -OCH3 is 2. The molecule has 0 saturated heterocycles. The summed E-state index contributed by atoms with van der Waals surface area (Å²) in [6, 6.07) is 3.70. The molecule has 18 heavy (non-hydrogen) atoms. The van der Waals surface area contributed by atoms with Crippen molar-refractivity contribution in [3.8, 4) is 11.5 Å². The van der Waals surface area contributed by atoms with Gasteiger partial charge in [0.25, 0.3) is 0 Å². The van der Waals surface area contributed by atoms with E-state index in [4.69, 9.17) is 9.47 Å². The maximum atomic E-state index is 11.6. The van der Waals surface area contributed by atoms with Crippen LogP contribution in [0.4, 0.5) is 0 Å². The third-order valence-electron chi connectivity index (χ3n) is 2.64. The van der Waals surface area contributed by atoms with Gasteiger partial charge < -0.3 is 14.8 Å². The van der Waals surface area contributed by atoms with Crippen LogP contribution in [0.2, 0.25) is 0 Å². The number of amides is 1. The van der Waals surface area contributed by atoms with E-state index in [1.165, 1.54) is 0 Å². The lowest BCUT2D eigenvalue weighted by atomic mass is 10.0. The summed E-state index contributed by atoms with van der Waals surface area (Å²) in [6.07, 6.45) is 1.97. The fraction of sp³-hybridized carbons (Fsp3) is 0.357. The number of benzene rings is 1. The lowest BCUT2D eigenvalue weighted by Crippen LogP contribution is -2.25. The van der Waals surface area contributed by atoms with Crippen LogP contribution in [-0.2, 0) is 11.2 Å². The molecule has 1 N–H and O–H groups in total. The van der Waals surface area contributed by atoms with Gasteiger partial charge in [0.2, 0.25) is 5.91 Å². The van der Waals surface area contributed by atoms with Gasteiger partial charge >= 0.3 is 0 Å². The molecule has 0 radical (unpaired) electrons. The predicted octanol–water partition coefficient (Wildman–Crippen LogP) is 1.86. The molecule has 0 aliphatic carbocycles. The van der Waals surface area contributed by atoms with Gasteiger partial charge in [0.05, 0.1) is 20.6 Å². The zero-order valence-electron chi connectivity index (χ0n) is 11.1. The van der Waals surface area contributed by atoms with Crippen molar-refractivity contribution in [1.82, 2.24) is 5.32 Å². The first-order valence-corrected chi connectivity index (χ1v) is 5.71. The minimum Gasteiger partial charge on any atom is -0.493 e. The zero-order valence-corrected chi connectivity index (χ0v) is 11.1. The molecule has 0 aliphatic rings. The zero-order chi connectivity index (χ0) is 13.5. The topological polar surface area (TPSA) is 47.6 Å². The molecule has 4 nitrogen and oxygen atoms in total. The second-order valence-corrected chi connectivity index (χ2v) is 3.90. The Morgan fingerprint density at radius 1 is 1.33 bits per heavy atom. The van der Waals surface area contributed by atoms with Gasteiger partial charge in [-0.15, -0.1) is 6.58 Å². The van der Waals surface area contributed by atoms with Crippen LogP contribution in [-0.4, -0.2) is 26.7 Å². The third-order valence-corrected chi connectivity index (χ3v) is 2.64.